The van der Waals surface area contributed by atoms with Gasteiger partial charge in [-0.15, -0.1) is 12.8 Å². The van der Waals surface area contributed by atoms with Crippen molar-refractivity contribution < 1.29 is 0 Å². The second kappa shape index (κ2) is 7.35. The van der Waals surface area contributed by atoms with Crippen LogP contribution >= 0.6 is 0 Å². The highest BCUT2D eigenvalue weighted by Gasteiger charge is 2.13. The van der Waals surface area contributed by atoms with E-state index in [0.717, 1.165) is 25.6 Å². The van der Waals surface area contributed by atoms with Crippen molar-refractivity contribution >= 4 is 0 Å². The average Bonchev–Trinajstić information content (AvgIpc) is 2.28. The molecule has 82 valence electrons. The highest BCUT2D eigenvalue weighted by atomic mass is 15.1. The number of nitrogens with zero attached hydrogens (tertiary/aromatic N) is 1. The van der Waals surface area contributed by atoms with Gasteiger partial charge in [0.05, 0.1) is 13.1 Å². The van der Waals surface area contributed by atoms with Crippen LogP contribution < -0.4 is 5.32 Å². The molecule has 0 aromatic rings. The van der Waals surface area contributed by atoms with Crippen molar-refractivity contribution in [2.75, 3.05) is 32.7 Å². The zero-order valence-corrected chi connectivity index (χ0v) is 9.34. The Morgan fingerprint density at radius 2 is 1.73 bits per heavy atom. The number of rotatable bonds is 5. The second-order valence-electron chi connectivity index (χ2n) is 4.10. The van der Waals surface area contributed by atoms with Gasteiger partial charge >= 0.3 is 0 Å². The minimum atomic E-state index is 0.676. The molecule has 0 aliphatic carbocycles. The molecule has 0 radical (unpaired) electrons. The molecular formula is C13H20N2. The van der Waals surface area contributed by atoms with Crippen molar-refractivity contribution in [3.8, 4) is 24.7 Å². The van der Waals surface area contributed by atoms with Crippen LogP contribution in [0.4, 0.5) is 0 Å². The fourth-order valence-electron chi connectivity index (χ4n) is 2.01. The lowest BCUT2D eigenvalue weighted by atomic mass is 9.94. The predicted octanol–water partition coefficient (Wildman–Crippen LogP) is 0.944. The Balaban J connectivity index is 2.20. The van der Waals surface area contributed by atoms with Crippen LogP contribution in [0, 0.1) is 30.6 Å². The molecule has 1 aliphatic heterocycles. The first-order valence-corrected chi connectivity index (χ1v) is 5.66. The summed E-state index contributed by atoms with van der Waals surface area (Å²) in [5, 5.41) is 3.37. The maximum Gasteiger partial charge on any atom is 0.0607 e. The summed E-state index contributed by atoms with van der Waals surface area (Å²) >= 11 is 0. The lowest BCUT2D eigenvalue weighted by molar-refractivity contribution is 0.275. The highest BCUT2D eigenvalue weighted by Crippen LogP contribution is 2.15. The summed E-state index contributed by atoms with van der Waals surface area (Å²) < 4.78 is 0. The smallest absolute Gasteiger partial charge is 0.0607 e. The fourth-order valence-corrected chi connectivity index (χ4v) is 2.01. The summed E-state index contributed by atoms with van der Waals surface area (Å²) in [6.45, 7) is 4.72. The van der Waals surface area contributed by atoms with E-state index in [9.17, 15) is 0 Å². The molecule has 0 atom stereocenters. The molecule has 2 nitrogen and oxygen atoms in total. The molecule has 2 heteroatoms. The van der Waals surface area contributed by atoms with Gasteiger partial charge in [0.25, 0.3) is 0 Å². The third kappa shape index (κ3) is 4.88. The van der Waals surface area contributed by atoms with Gasteiger partial charge in [0.2, 0.25) is 0 Å². The number of nitrogens with one attached hydrogen (secondary N) is 1. The lowest BCUT2D eigenvalue weighted by Gasteiger charge is -2.25. The molecule has 0 saturated carbocycles. The van der Waals surface area contributed by atoms with Crippen LogP contribution in [-0.4, -0.2) is 37.6 Å². The fraction of sp³-hybridized carbons (Fsp3) is 0.692. The van der Waals surface area contributed by atoms with E-state index in [0.29, 0.717) is 13.1 Å². The number of hydrogen-bond donors (Lipinski definition) is 1. The van der Waals surface area contributed by atoms with Crippen LogP contribution in [-0.2, 0) is 0 Å². The summed E-state index contributed by atoms with van der Waals surface area (Å²) in [5.74, 6) is 6.17. The van der Waals surface area contributed by atoms with Crippen LogP contribution in [0.5, 0.6) is 0 Å². The second-order valence-corrected chi connectivity index (χ2v) is 4.10. The SMILES string of the molecule is C#CCN(CC#C)CCC1CCNCC1. The normalized spacial score (nSPS) is 17.3. The summed E-state index contributed by atoms with van der Waals surface area (Å²) in [6, 6.07) is 0. The van der Waals surface area contributed by atoms with Gasteiger partial charge in [-0.1, -0.05) is 11.8 Å². The van der Waals surface area contributed by atoms with E-state index in [1.807, 2.05) is 0 Å². The molecule has 0 unspecified atom stereocenters. The zero-order chi connectivity index (χ0) is 10.9. The van der Waals surface area contributed by atoms with E-state index < -0.39 is 0 Å². The zero-order valence-electron chi connectivity index (χ0n) is 9.34. The summed E-state index contributed by atoms with van der Waals surface area (Å²) in [4.78, 5) is 2.17. The van der Waals surface area contributed by atoms with Crippen molar-refractivity contribution in [1.29, 1.82) is 0 Å². The quantitative estimate of drug-likeness (QED) is 0.671. The van der Waals surface area contributed by atoms with Crippen molar-refractivity contribution in [3.05, 3.63) is 0 Å². The highest BCUT2D eigenvalue weighted by molar-refractivity contribution is 4.94. The Hall–Kier alpha value is -0.960. The third-order valence-electron chi connectivity index (χ3n) is 2.94. The van der Waals surface area contributed by atoms with E-state index in [2.05, 4.69) is 22.1 Å². The van der Waals surface area contributed by atoms with Crippen LogP contribution in [0.3, 0.4) is 0 Å². The number of hydrogen-bond acceptors (Lipinski definition) is 2. The van der Waals surface area contributed by atoms with E-state index >= 15 is 0 Å². The Bertz CT molecular complexity index is 224. The average molecular weight is 204 g/mol. The summed E-state index contributed by atoms with van der Waals surface area (Å²) in [6.07, 6.45) is 14.4. The molecule has 0 aromatic heterocycles. The van der Waals surface area contributed by atoms with E-state index in [1.54, 1.807) is 0 Å². The summed E-state index contributed by atoms with van der Waals surface area (Å²) in [7, 11) is 0. The standard InChI is InChI=1S/C13H20N2/c1-3-10-15(11-4-2)12-7-13-5-8-14-9-6-13/h1-2,13-14H,5-12H2. The minimum absolute atomic E-state index is 0.676. The molecule has 0 bridgehead atoms. The molecule has 1 fully saturated rings. The molecule has 15 heavy (non-hydrogen) atoms. The summed E-state index contributed by atoms with van der Waals surface area (Å²) in [5.41, 5.74) is 0. The van der Waals surface area contributed by atoms with E-state index in [4.69, 9.17) is 12.8 Å². The van der Waals surface area contributed by atoms with Gasteiger partial charge < -0.3 is 5.32 Å². The molecule has 1 aliphatic rings. The lowest BCUT2D eigenvalue weighted by Crippen LogP contribution is -2.31. The maximum absolute atomic E-state index is 5.30. The van der Waals surface area contributed by atoms with Crippen molar-refractivity contribution in [2.45, 2.75) is 19.3 Å². The third-order valence-corrected chi connectivity index (χ3v) is 2.94. The molecule has 1 rings (SSSR count). The van der Waals surface area contributed by atoms with Crippen LogP contribution in [0.15, 0.2) is 0 Å². The Kier molecular flexibility index (Phi) is 5.93. The van der Waals surface area contributed by atoms with Crippen molar-refractivity contribution in [2.24, 2.45) is 5.92 Å². The van der Waals surface area contributed by atoms with Gasteiger partial charge in [0, 0.05) is 6.54 Å². The monoisotopic (exact) mass is 204 g/mol. The largest absolute Gasteiger partial charge is 0.317 e. The molecule has 0 spiro atoms. The topological polar surface area (TPSA) is 15.3 Å². The molecular weight excluding hydrogens is 184 g/mol. The van der Waals surface area contributed by atoms with Crippen molar-refractivity contribution in [3.63, 3.8) is 0 Å². The van der Waals surface area contributed by atoms with Crippen LogP contribution in [0.25, 0.3) is 0 Å². The van der Waals surface area contributed by atoms with Gasteiger partial charge in [0.1, 0.15) is 0 Å². The molecule has 1 saturated heterocycles. The van der Waals surface area contributed by atoms with E-state index in [-0.39, 0.29) is 0 Å². The Labute approximate surface area is 93.4 Å². The molecule has 1 heterocycles. The first-order valence-electron chi connectivity index (χ1n) is 5.66. The van der Waals surface area contributed by atoms with Gasteiger partial charge in [-0.05, 0) is 38.3 Å². The van der Waals surface area contributed by atoms with Crippen LogP contribution in [0.1, 0.15) is 19.3 Å². The van der Waals surface area contributed by atoms with E-state index in [1.165, 1.54) is 19.3 Å². The molecule has 1 N–H and O–H groups in total. The predicted molar refractivity (Wildman–Crippen MR) is 64.3 cm³/mol. The van der Waals surface area contributed by atoms with Crippen molar-refractivity contribution in [1.82, 2.24) is 10.2 Å². The van der Waals surface area contributed by atoms with Crippen LogP contribution in [0.2, 0.25) is 0 Å². The van der Waals surface area contributed by atoms with Gasteiger partial charge in [-0.2, -0.15) is 0 Å². The Morgan fingerprint density at radius 3 is 2.27 bits per heavy atom. The number of terminal acetylenes is 2. The molecule has 0 amide bonds. The minimum Gasteiger partial charge on any atom is -0.317 e. The van der Waals surface area contributed by atoms with Gasteiger partial charge in [-0.3, -0.25) is 4.90 Å². The van der Waals surface area contributed by atoms with Gasteiger partial charge in [-0.25, -0.2) is 0 Å². The molecule has 0 aromatic carbocycles. The Morgan fingerprint density at radius 1 is 1.13 bits per heavy atom. The first-order chi connectivity index (χ1) is 7.36. The maximum atomic E-state index is 5.30. The number of piperidine rings is 1. The van der Waals surface area contributed by atoms with Gasteiger partial charge in [0.15, 0.2) is 0 Å². The first kappa shape index (κ1) is 12.1.